The molecule has 0 bridgehead atoms. The second-order valence-corrected chi connectivity index (χ2v) is 5.33. The smallest absolute Gasteiger partial charge is 0.223 e. The molecule has 0 radical (unpaired) electrons. The van der Waals surface area contributed by atoms with Crippen LogP contribution >= 0.6 is 0 Å². The van der Waals surface area contributed by atoms with Gasteiger partial charge >= 0.3 is 0 Å². The van der Waals surface area contributed by atoms with Gasteiger partial charge in [-0.2, -0.15) is 9.97 Å². The van der Waals surface area contributed by atoms with Gasteiger partial charge in [-0.15, -0.1) is 0 Å². The number of benzene rings is 1. The van der Waals surface area contributed by atoms with E-state index in [1.165, 1.54) is 5.56 Å². The van der Waals surface area contributed by atoms with E-state index in [0.717, 1.165) is 24.5 Å². The minimum absolute atomic E-state index is 0.261. The highest BCUT2D eigenvalue weighted by Crippen LogP contribution is 2.21. The van der Waals surface area contributed by atoms with E-state index in [9.17, 15) is 0 Å². The van der Waals surface area contributed by atoms with Crippen LogP contribution in [-0.4, -0.2) is 16.5 Å². The van der Waals surface area contributed by atoms with Gasteiger partial charge in [0.2, 0.25) is 5.95 Å². The number of anilines is 4. The van der Waals surface area contributed by atoms with Crippen LogP contribution in [0.25, 0.3) is 0 Å². The number of nitrogen functional groups attached to an aromatic ring is 1. The summed E-state index contributed by atoms with van der Waals surface area (Å²) in [5, 5.41) is 6.47. The average molecular weight is 285 g/mol. The normalized spacial score (nSPS) is 10.7. The molecule has 0 atom stereocenters. The van der Waals surface area contributed by atoms with Crippen molar-refractivity contribution in [2.75, 3.05) is 22.9 Å². The van der Waals surface area contributed by atoms with E-state index in [-0.39, 0.29) is 5.95 Å². The molecule has 0 unspecified atom stereocenters. The van der Waals surface area contributed by atoms with Crippen LogP contribution in [0.2, 0.25) is 0 Å². The van der Waals surface area contributed by atoms with Gasteiger partial charge in [-0.25, -0.2) is 0 Å². The van der Waals surface area contributed by atoms with Gasteiger partial charge in [0, 0.05) is 18.3 Å². The third-order valence-electron chi connectivity index (χ3n) is 3.15. The van der Waals surface area contributed by atoms with Crippen molar-refractivity contribution in [1.82, 2.24) is 9.97 Å². The van der Waals surface area contributed by atoms with Crippen LogP contribution in [0.3, 0.4) is 0 Å². The van der Waals surface area contributed by atoms with E-state index < -0.39 is 0 Å². The fourth-order valence-electron chi connectivity index (χ4n) is 1.97. The van der Waals surface area contributed by atoms with Crippen molar-refractivity contribution in [3.8, 4) is 0 Å². The Morgan fingerprint density at radius 2 is 1.76 bits per heavy atom. The van der Waals surface area contributed by atoms with Crippen LogP contribution in [0.15, 0.2) is 30.3 Å². The SMILES string of the molecule is CCCNc1cc(Nc2ccc(C(C)C)cc2)nc(N)n1. The minimum atomic E-state index is 0.261. The fourth-order valence-corrected chi connectivity index (χ4v) is 1.97. The van der Waals surface area contributed by atoms with Gasteiger partial charge < -0.3 is 16.4 Å². The summed E-state index contributed by atoms with van der Waals surface area (Å²) in [6.45, 7) is 7.32. The Bertz CT molecular complexity index is 578. The molecule has 0 saturated heterocycles. The van der Waals surface area contributed by atoms with Gasteiger partial charge in [-0.05, 0) is 30.0 Å². The molecule has 112 valence electrons. The van der Waals surface area contributed by atoms with Crippen LogP contribution in [0.5, 0.6) is 0 Å². The van der Waals surface area contributed by atoms with Crippen molar-refractivity contribution in [2.24, 2.45) is 0 Å². The van der Waals surface area contributed by atoms with Gasteiger partial charge in [0.15, 0.2) is 0 Å². The van der Waals surface area contributed by atoms with E-state index >= 15 is 0 Å². The van der Waals surface area contributed by atoms with Crippen molar-refractivity contribution in [1.29, 1.82) is 0 Å². The zero-order valence-electron chi connectivity index (χ0n) is 12.9. The lowest BCUT2D eigenvalue weighted by Crippen LogP contribution is -2.06. The molecule has 0 fully saturated rings. The standard InChI is InChI=1S/C16H23N5/c1-4-9-18-14-10-15(21-16(17)20-14)19-13-7-5-12(6-8-13)11(2)3/h5-8,10-11H,4,9H2,1-3H3,(H4,17,18,19,20,21). The molecule has 0 aliphatic rings. The third kappa shape index (κ3) is 4.34. The maximum atomic E-state index is 5.75. The summed E-state index contributed by atoms with van der Waals surface area (Å²) in [7, 11) is 0. The Morgan fingerprint density at radius 1 is 1.10 bits per heavy atom. The maximum absolute atomic E-state index is 5.75. The van der Waals surface area contributed by atoms with Crippen molar-refractivity contribution < 1.29 is 0 Å². The topological polar surface area (TPSA) is 75.9 Å². The highest BCUT2D eigenvalue weighted by molar-refractivity contribution is 5.61. The largest absolute Gasteiger partial charge is 0.370 e. The molecule has 0 amide bonds. The molecule has 1 aromatic heterocycles. The number of nitrogens with one attached hydrogen (secondary N) is 2. The molecule has 21 heavy (non-hydrogen) atoms. The van der Waals surface area contributed by atoms with Crippen molar-refractivity contribution in [2.45, 2.75) is 33.1 Å². The summed E-state index contributed by atoms with van der Waals surface area (Å²) in [5.41, 5.74) is 8.04. The summed E-state index contributed by atoms with van der Waals surface area (Å²) in [4.78, 5) is 8.38. The van der Waals surface area contributed by atoms with E-state index in [0.29, 0.717) is 11.7 Å². The Hall–Kier alpha value is -2.30. The van der Waals surface area contributed by atoms with Gasteiger partial charge in [0.05, 0.1) is 0 Å². The molecule has 2 rings (SSSR count). The first-order chi connectivity index (χ1) is 10.1. The highest BCUT2D eigenvalue weighted by Gasteiger charge is 2.03. The molecule has 5 nitrogen and oxygen atoms in total. The number of hydrogen-bond donors (Lipinski definition) is 3. The van der Waals surface area contributed by atoms with Gasteiger partial charge in [-0.3, -0.25) is 0 Å². The number of rotatable bonds is 6. The molecule has 0 aliphatic heterocycles. The first kappa shape index (κ1) is 15.1. The van der Waals surface area contributed by atoms with Crippen molar-refractivity contribution >= 4 is 23.3 Å². The third-order valence-corrected chi connectivity index (χ3v) is 3.15. The highest BCUT2D eigenvalue weighted by atomic mass is 15.1. The first-order valence-electron chi connectivity index (χ1n) is 7.34. The molecular formula is C16H23N5. The predicted molar refractivity (Wildman–Crippen MR) is 89.0 cm³/mol. The van der Waals surface area contributed by atoms with Gasteiger partial charge in [0.1, 0.15) is 11.6 Å². The summed E-state index contributed by atoms with van der Waals surface area (Å²) < 4.78 is 0. The van der Waals surface area contributed by atoms with E-state index in [1.54, 1.807) is 0 Å². The molecule has 0 spiro atoms. The first-order valence-corrected chi connectivity index (χ1v) is 7.34. The Balaban J connectivity index is 2.12. The van der Waals surface area contributed by atoms with Crippen LogP contribution in [0.4, 0.5) is 23.3 Å². The van der Waals surface area contributed by atoms with Crippen molar-refractivity contribution in [3.05, 3.63) is 35.9 Å². The molecule has 0 saturated carbocycles. The van der Waals surface area contributed by atoms with Gasteiger partial charge in [0.25, 0.3) is 0 Å². The fraction of sp³-hybridized carbons (Fsp3) is 0.375. The second kappa shape index (κ2) is 6.92. The van der Waals surface area contributed by atoms with Gasteiger partial charge in [-0.1, -0.05) is 32.9 Å². The second-order valence-electron chi connectivity index (χ2n) is 5.33. The lowest BCUT2D eigenvalue weighted by atomic mass is 10.0. The maximum Gasteiger partial charge on any atom is 0.223 e. The molecule has 0 aliphatic carbocycles. The Kier molecular flexibility index (Phi) is 4.98. The Labute approximate surface area is 126 Å². The quantitative estimate of drug-likeness (QED) is 0.753. The van der Waals surface area contributed by atoms with Crippen LogP contribution in [-0.2, 0) is 0 Å². The predicted octanol–water partition coefficient (Wildman–Crippen LogP) is 3.75. The monoisotopic (exact) mass is 285 g/mol. The van der Waals surface area contributed by atoms with Crippen LogP contribution in [0.1, 0.15) is 38.7 Å². The molecule has 1 aromatic carbocycles. The summed E-state index contributed by atoms with van der Waals surface area (Å²) in [5.74, 6) is 2.22. The zero-order valence-corrected chi connectivity index (χ0v) is 12.9. The van der Waals surface area contributed by atoms with Crippen LogP contribution in [0, 0.1) is 0 Å². The molecule has 2 aromatic rings. The average Bonchev–Trinajstić information content (AvgIpc) is 2.45. The lowest BCUT2D eigenvalue weighted by Gasteiger charge is -2.11. The zero-order chi connectivity index (χ0) is 15.2. The Morgan fingerprint density at radius 3 is 2.38 bits per heavy atom. The lowest BCUT2D eigenvalue weighted by molar-refractivity contribution is 0.867. The molecule has 4 N–H and O–H groups in total. The van der Waals surface area contributed by atoms with Crippen molar-refractivity contribution in [3.63, 3.8) is 0 Å². The van der Waals surface area contributed by atoms with E-state index in [4.69, 9.17) is 5.73 Å². The number of nitrogens with zero attached hydrogens (tertiary/aromatic N) is 2. The minimum Gasteiger partial charge on any atom is -0.370 e. The van der Waals surface area contributed by atoms with E-state index in [2.05, 4.69) is 53.5 Å². The molecule has 5 heteroatoms. The van der Waals surface area contributed by atoms with Crippen LogP contribution < -0.4 is 16.4 Å². The number of hydrogen-bond acceptors (Lipinski definition) is 5. The molecule has 1 heterocycles. The molecular weight excluding hydrogens is 262 g/mol. The number of aromatic nitrogens is 2. The van der Waals surface area contributed by atoms with E-state index in [1.807, 2.05) is 18.2 Å². The summed E-state index contributed by atoms with van der Waals surface area (Å²) >= 11 is 0. The number of nitrogens with two attached hydrogens (primary N) is 1. The summed E-state index contributed by atoms with van der Waals surface area (Å²) in [6.07, 6.45) is 1.03. The summed E-state index contributed by atoms with van der Waals surface area (Å²) in [6, 6.07) is 10.2.